The fraction of sp³-hybridized carbons (Fsp3) is 0.357. The fourth-order valence-electron chi connectivity index (χ4n) is 1.63. The predicted molar refractivity (Wildman–Crippen MR) is 69.1 cm³/mol. The molecule has 20 heavy (non-hydrogen) atoms. The molecule has 0 heterocycles. The minimum absolute atomic E-state index is 0.100. The number of halogens is 1. The van der Waals surface area contributed by atoms with Crippen LogP contribution in [-0.2, 0) is 9.53 Å². The molecule has 0 aliphatic rings. The van der Waals surface area contributed by atoms with Crippen molar-refractivity contribution >= 4 is 11.9 Å². The number of carbonyl (C=O) groups is 2. The highest BCUT2D eigenvalue weighted by atomic mass is 19.1. The van der Waals surface area contributed by atoms with Gasteiger partial charge in [-0.15, -0.1) is 0 Å². The van der Waals surface area contributed by atoms with Gasteiger partial charge in [0.05, 0.1) is 13.2 Å². The molecule has 1 N–H and O–H groups in total. The number of hydrogen-bond acceptors (Lipinski definition) is 4. The number of nitriles is 1. The van der Waals surface area contributed by atoms with Gasteiger partial charge in [-0.2, -0.15) is 5.26 Å². The van der Waals surface area contributed by atoms with E-state index in [0.717, 1.165) is 6.07 Å². The van der Waals surface area contributed by atoms with Crippen LogP contribution in [-0.4, -0.2) is 25.0 Å². The average molecular weight is 278 g/mol. The Morgan fingerprint density at radius 3 is 2.75 bits per heavy atom. The molecule has 0 aliphatic carbocycles. The van der Waals surface area contributed by atoms with Crippen molar-refractivity contribution in [2.45, 2.75) is 19.4 Å². The Hall–Kier alpha value is -2.42. The third kappa shape index (κ3) is 4.35. The number of ether oxygens (including phenoxy) is 1. The quantitative estimate of drug-likeness (QED) is 0.830. The van der Waals surface area contributed by atoms with Crippen LogP contribution >= 0.6 is 0 Å². The zero-order valence-corrected chi connectivity index (χ0v) is 11.2. The summed E-state index contributed by atoms with van der Waals surface area (Å²) in [4.78, 5) is 23.5. The van der Waals surface area contributed by atoms with Gasteiger partial charge in [0.1, 0.15) is 11.9 Å². The molecular formula is C14H15FN2O3. The number of benzene rings is 1. The summed E-state index contributed by atoms with van der Waals surface area (Å²) in [6, 6.07) is 6.15. The monoisotopic (exact) mass is 278 g/mol. The Labute approximate surface area is 116 Å². The smallest absolute Gasteiger partial charge is 0.328 e. The second-order valence-electron chi connectivity index (χ2n) is 4.33. The molecule has 6 heteroatoms. The van der Waals surface area contributed by atoms with Gasteiger partial charge in [-0.3, -0.25) is 4.79 Å². The van der Waals surface area contributed by atoms with Gasteiger partial charge in [0, 0.05) is 11.5 Å². The molecule has 1 aromatic rings. The van der Waals surface area contributed by atoms with E-state index in [9.17, 15) is 14.0 Å². The van der Waals surface area contributed by atoms with E-state index >= 15 is 0 Å². The molecule has 0 bridgehead atoms. The lowest BCUT2D eigenvalue weighted by Gasteiger charge is -2.17. The molecule has 1 rings (SSSR count). The van der Waals surface area contributed by atoms with E-state index in [4.69, 9.17) is 5.26 Å². The van der Waals surface area contributed by atoms with Crippen molar-refractivity contribution < 1.29 is 18.7 Å². The van der Waals surface area contributed by atoms with Gasteiger partial charge in [-0.1, -0.05) is 6.07 Å². The zero-order chi connectivity index (χ0) is 15.1. The molecular weight excluding hydrogens is 263 g/mol. The van der Waals surface area contributed by atoms with Gasteiger partial charge < -0.3 is 10.1 Å². The number of esters is 1. The molecule has 1 amide bonds. The van der Waals surface area contributed by atoms with Crippen molar-refractivity contribution in [3.8, 4) is 6.07 Å². The Balaban J connectivity index is 2.81. The lowest BCUT2D eigenvalue weighted by molar-refractivity contribution is -0.143. The third-order valence-electron chi connectivity index (χ3n) is 2.69. The van der Waals surface area contributed by atoms with E-state index in [1.807, 2.05) is 6.07 Å². The summed E-state index contributed by atoms with van der Waals surface area (Å²) in [5.74, 6) is -2.20. The lowest BCUT2D eigenvalue weighted by atomic mass is 10.0. The summed E-state index contributed by atoms with van der Waals surface area (Å²) in [6.07, 6.45) is 0.129. The van der Waals surface area contributed by atoms with Gasteiger partial charge in [0.15, 0.2) is 0 Å². The summed E-state index contributed by atoms with van der Waals surface area (Å²) in [5, 5.41) is 11.2. The van der Waals surface area contributed by atoms with Gasteiger partial charge in [-0.25, -0.2) is 9.18 Å². The summed E-state index contributed by atoms with van der Waals surface area (Å²) in [7, 11) is 1.20. The first-order valence-corrected chi connectivity index (χ1v) is 6.01. The van der Waals surface area contributed by atoms with E-state index in [1.54, 1.807) is 6.92 Å². The number of hydrogen-bond donors (Lipinski definition) is 1. The maximum atomic E-state index is 13.0. The average Bonchev–Trinajstić information content (AvgIpc) is 2.45. The minimum atomic E-state index is -0.939. The number of nitrogens with zero attached hydrogens (tertiary/aromatic N) is 1. The molecule has 1 aromatic carbocycles. The largest absolute Gasteiger partial charge is 0.467 e. The van der Waals surface area contributed by atoms with Crippen molar-refractivity contribution in [1.29, 1.82) is 5.26 Å². The third-order valence-corrected chi connectivity index (χ3v) is 2.69. The van der Waals surface area contributed by atoms with Crippen LogP contribution in [0.15, 0.2) is 24.3 Å². The highest BCUT2D eigenvalue weighted by Gasteiger charge is 2.24. The van der Waals surface area contributed by atoms with E-state index in [-0.39, 0.29) is 12.0 Å². The van der Waals surface area contributed by atoms with Crippen molar-refractivity contribution in [3.63, 3.8) is 0 Å². The van der Waals surface area contributed by atoms with Gasteiger partial charge >= 0.3 is 5.97 Å². The fourth-order valence-corrected chi connectivity index (χ4v) is 1.63. The van der Waals surface area contributed by atoms with Crippen molar-refractivity contribution in [3.05, 3.63) is 35.6 Å². The molecule has 2 atom stereocenters. The maximum absolute atomic E-state index is 13.0. The van der Waals surface area contributed by atoms with Crippen molar-refractivity contribution in [2.24, 2.45) is 5.92 Å². The lowest BCUT2D eigenvalue weighted by Crippen LogP contribution is -2.42. The minimum Gasteiger partial charge on any atom is -0.467 e. The topological polar surface area (TPSA) is 79.2 Å². The molecule has 0 saturated carbocycles. The Morgan fingerprint density at radius 1 is 1.50 bits per heavy atom. The van der Waals surface area contributed by atoms with Crippen LogP contribution in [0.2, 0.25) is 0 Å². The molecule has 0 spiro atoms. The van der Waals surface area contributed by atoms with Crippen LogP contribution in [0, 0.1) is 23.1 Å². The number of rotatable bonds is 5. The van der Waals surface area contributed by atoms with Crippen molar-refractivity contribution in [2.75, 3.05) is 7.11 Å². The number of methoxy groups -OCH3 is 1. The summed E-state index contributed by atoms with van der Waals surface area (Å²) >= 11 is 0. The molecule has 0 aliphatic heterocycles. The first-order chi connectivity index (χ1) is 9.47. The van der Waals surface area contributed by atoms with E-state index < -0.39 is 29.7 Å². The SMILES string of the molecule is COC(=O)[C@H](C[C@@H](C)C#N)NC(=O)c1cccc(F)c1. The maximum Gasteiger partial charge on any atom is 0.328 e. The second kappa shape index (κ2) is 7.24. The standard InChI is InChI=1S/C14H15FN2O3/c1-9(8-16)6-12(14(19)20-2)17-13(18)10-4-3-5-11(15)7-10/h3-5,7,9,12H,6H2,1-2H3,(H,17,18)/t9-,12+/m1/s1. The number of carbonyl (C=O) groups excluding carboxylic acids is 2. The Bertz CT molecular complexity index is 539. The van der Waals surface area contributed by atoms with Crippen LogP contribution < -0.4 is 5.32 Å². The van der Waals surface area contributed by atoms with Crippen LogP contribution in [0.25, 0.3) is 0 Å². The second-order valence-corrected chi connectivity index (χ2v) is 4.33. The summed E-state index contributed by atoms with van der Waals surface area (Å²) in [5.41, 5.74) is 0.100. The van der Waals surface area contributed by atoms with Crippen LogP contribution in [0.5, 0.6) is 0 Å². The van der Waals surface area contributed by atoms with Gasteiger partial charge in [-0.05, 0) is 31.5 Å². The first kappa shape index (κ1) is 15.6. The van der Waals surface area contributed by atoms with Gasteiger partial charge in [0.2, 0.25) is 0 Å². The molecule has 0 radical (unpaired) electrons. The molecule has 0 saturated heterocycles. The molecule has 0 fully saturated rings. The molecule has 0 unspecified atom stereocenters. The molecule has 5 nitrogen and oxygen atoms in total. The van der Waals surface area contributed by atoms with E-state index in [2.05, 4.69) is 10.1 Å². The molecule has 106 valence electrons. The summed E-state index contributed by atoms with van der Waals surface area (Å²) < 4.78 is 17.6. The van der Waals surface area contributed by atoms with E-state index in [0.29, 0.717) is 0 Å². The van der Waals surface area contributed by atoms with Gasteiger partial charge in [0.25, 0.3) is 5.91 Å². The highest BCUT2D eigenvalue weighted by molar-refractivity contribution is 5.96. The number of amides is 1. The predicted octanol–water partition coefficient (Wildman–Crippen LogP) is 1.65. The normalized spacial score (nSPS) is 12.9. The summed E-state index contributed by atoms with van der Waals surface area (Å²) in [6.45, 7) is 1.63. The van der Waals surface area contributed by atoms with Crippen LogP contribution in [0.1, 0.15) is 23.7 Å². The Morgan fingerprint density at radius 2 is 2.20 bits per heavy atom. The van der Waals surface area contributed by atoms with Crippen LogP contribution in [0.4, 0.5) is 4.39 Å². The Kier molecular flexibility index (Phi) is 5.66. The van der Waals surface area contributed by atoms with E-state index in [1.165, 1.54) is 25.3 Å². The van der Waals surface area contributed by atoms with Crippen LogP contribution in [0.3, 0.4) is 0 Å². The number of nitrogens with one attached hydrogen (secondary N) is 1. The van der Waals surface area contributed by atoms with Crippen molar-refractivity contribution in [1.82, 2.24) is 5.32 Å². The first-order valence-electron chi connectivity index (χ1n) is 6.01. The molecule has 0 aromatic heterocycles. The highest BCUT2D eigenvalue weighted by Crippen LogP contribution is 2.09. The zero-order valence-electron chi connectivity index (χ0n) is 11.2.